The molecule has 1 aromatic carbocycles. The number of hydrogen-bond acceptors (Lipinski definition) is 5. The van der Waals surface area contributed by atoms with Crippen molar-refractivity contribution < 1.29 is 9.53 Å². The van der Waals surface area contributed by atoms with E-state index in [1.165, 1.54) is 4.88 Å². The van der Waals surface area contributed by atoms with Crippen molar-refractivity contribution in [3.63, 3.8) is 0 Å². The number of anilines is 2. The fourth-order valence-corrected chi connectivity index (χ4v) is 2.67. The number of nitrogens with zero attached hydrogens (tertiary/aromatic N) is 1. The molecule has 1 aromatic heterocycles. The van der Waals surface area contributed by atoms with Crippen LogP contribution in [0.2, 0.25) is 5.02 Å². The molecule has 0 aliphatic heterocycles. The van der Waals surface area contributed by atoms with Gasteiger partial charge in [-0.15, -0.1) is 11.3 Å². The van der Waals surface area contributed by atoms with Crippen molar-refractivity contribution in [3.05, 3.63) is 39.3 Å². The molecule has 0 saturated carbocycles. The van der Waals surface area contributed by atoms with Gasteiger partial charge < -0.3 is 15.8 Å². The summed E-state index contributed by atoms with van der Waals surface area (Å²) in [6, 6.07) is 4.92. The summed E-state index contributed by atoms with van der Waals surface area (Å²) in [5.41, 5.74) is 9.54. The maximum absolute atomic E-state index is 11.7. The molecule has 0 saturated heterocycles. The molecule has 21 heavy (non-hydrogen) atoms. The first-order valence-electron chi connectivity index (χ1n) is 6.38. The van der Waals surface area contributed by atoms with Gasteiger partial charge in [0.25, 0.3) is 0 Å². The van der Waals surface area contributed by atoms with Crippen molar-refractivity contribution in [2.75, 3.05) is 24.3 Å². The first-order chi connectivity index (χ1) is 10.1. The SMILES string of the molecule is Cc1ncsc1CCOCC(=O)Nc1ccc(Cl)cc1N. The molecule has 112 valence electrons. The van der Waals surface area contributed by atoms with Crippen molar-refractivity contribution in [2.24, 2.45) is 0 Å². The van der Waals surface area contributed by atoms with Gasteiger partial charge in [-0.1, -0.05) is 11.6 Å². The number of amides is 1. The smallest absolute Gasteiger partial charge is 0.250 e. The number of benzene rings is 1. The highest BCUT2D eigenvalue weighted by atomic mass is 35.5. The molecule has 2 aromatic rings. The number of carbonyl (C=O) groups excluding carboxylic acids is 1. The molecule has 0 aliphatic carbocycles. The third-order valence-corrected chi connectivity index (χ3v) is 4.07. The second-order valence-electron chi connectivity index (χ2n) is 4.44. The lowest BCUT2D eigenvalue weighted by Crippen LogP contribution is -2.19. The van der Waals surface area contributed by atoms with Crippen LogP contribution in [-0.2, 0) is 16.0 Å². The molecule has 0 atom stereocenters. The van der Waals surface area contributed by atoms with Crippen LogP contribution in [0.1, 0.15) is 10.6 Å². The van der Waals surface area contributed by atoms with E-state index in [0.717, 1.165) is 12.1 Å². The molecule has 1 heterocycles. The number of nitrogens with two attached hydrogens (primary N) is 1. The minimum atomic E-state index is -0.245. The number of hydrogen-bond donors (Lipinski definition) is 2. The van der Waals surface area contributed by atoms with E-state index in [1.54, 1.807) is 35.0 Å². The van der Waals surface area contributed by atoms with Gasteiger partial charge in [0.2, 0.25) is 5.91 Å². The van der Waals surface area contributed by atoms with E-state index >= 15 is 0 Å². The van der Waals surface area contributed by atoms with Crippen LogP contribution < -0.4 is 11.1 Å². The van der Waals surface area contributed by atoms with E-state index in [4.69, 9.17) is 22.1 Å². The van der Waals surface area contributed by atoms with Gasteiger partial charge in [0.15, 0.2) is 0 Å². The van der Waals surface area contributed by atoms with Gasteiger partial charge in [-0.3, -0.25) is 4.79 Å². The highest BCUT2D eigenvalue weighted by Gasteiger charge is 2.07. The van der Waals surface area contributed by atoms with E-state index in [2.05, 4.69) is 10.3 Å². The Hall–Kier alpha value is -1.63. The van der Waals surface area contributed by atoms with Crippen LogP contribution in [0.3, 0.4) is 0 Å². The molecule has 0 aliphatic rings. The summed E-state index contributed by atoms with van der Waals surface area (Å²) < 4.78 is 5.36. The number of rotatable bonds is 6. The molecule has 2 rings (SSSR count). The number of thiazole rings is 1. The quantitative estimate of drug-likeness (QED) is 0.632. The fourth-order valence-electron chi connectivity index (χ4n) is 1.73. The van der Waals surface area contributed by atoms with Gasteiger partial charge >= 0.3 is 0 Å². The fraction of sp³-hybridized carbons (Fsp3) is 0.286. The molecule has 5 nitrogen and oxygen atoms in total. The number of nitrogens with one attached hydrogen (secondary N) is 1. The van der Waals surface area contributed by atoms with Crippen LogP contribution in [-0.4, -0.2) is 24.1 Å². The Labute approximate surface area is 132 Å². The minimum Gasteiger partial charge on any atom is -0.397 e. The lowest BCUT2D eigenvalue weighted by Gasteiger charge is -2.08. The number of halogens is 1. The number of aromatic nitrogens is 1. The summed E-state index contributed by atoms with van der Waals surface area (Å²) in [6.07, 6.45) is 0.757. The van der Waals surface area contributed by atoms with Crippen molar-refractivity contribution >= 4 is 40.2 Å². The van der Waals surface area contributed by atoms with E-state index < -0.39 is 0 Å². The summed E-state index contributed by atoms with van der Waals surface area (Å²) in [5.74, 6) is -0.245. The number of nitrogen functional groups attached to an aromatic ring is 1. The van der Waals surface area contributed by atoms with E-state index in [9.17, 15) is 4.79 Å². The van der Waals surface area contributed by atoms with Gasteiger partial charge in [0.1, 0.15) is 6.61 Å². The van der Waals surface area contributed by atoms with Crippen molar-refractivity contribution in [1.82, 2.24) is 4.98 Å². The summed E-state index contributed by atoms with van der Waals surface area (Å²) in [6.45, 7) is 2.42. The molecular formula is C14H16ClN3O2S. The first kappa shape index (κ1) is 15.8. The van der Waals surface area contributed by atoms with Crippen molar-refractivity contribution in [1.29, 1.82) is 0 Å². The Morgan fingerprint density at radius 1 is 1.52 bits per heavy atom. The standard InChI is InChI=1S/C14H16ClN3O2S/c1-9-13(21-8-17-9)4-5-20-7-14(19)18-12-3-2-10(15)6-11(12)16/h2-3,6,8H,4-5,7,16H2,1H3,(H,18,19). The predicted octanol–water partition coefficient (Wildman–Crippen LogP) is 2.88. The van der Waals surface area contributed by atoms with Gasteiger partial charge in [-0.25, -0.2) is 4.98 Å². The molecule has 0 unspecified atom stereocenters. The Bertz CT molecular complexity index is 630. The van der Waals surface area contributed by atoms with E-state index in [-0.39, 0.29) is 12.5 Å². The number of ether oxygens (including phenoxy) is 1. The van der Waals surface area contributed by atoms with Gasteiger partial charge in [0.05, 0.1) is 29.2 Å². The average Bonchev–Trinajstić information content (AvgIpc) is 2.84. The molecule has 3 N–H and O–H groups in total. The summed E-state index contributed by atoms with van der Waals surface area (Å²) in [7, 11) is 0. The summed E-state index contributed by atoms with van der Waals surface area (Å²) in [5, 5.41) is 3.21. The molecule has 0 fully saturated rings. The molecule has 0 spiro atoms. The molecule has 7 heteroatoms. The minimum absolute atomic E-state index is 0.0140. The highest BCUT2D eigenvalue weighted by molar-refractivity contribution is 7.09. The van der Waals surface area contributed by atoms with Crippen molar-refractivity contribution in [2.45, 2.75) is 13.3 Å². The number of carbonyl (C=O) groups is 1. The summed E-state index contributed by atoms with van der Waals surface area (Å²) in [4.78, 5) is 17.1. The van der Waals surface area contributed by atoms with Crippen LogP contribution in [0.5, 0.6) is 0 Å². The van der Waals surface area contributed by atoms with Crippen LogP contribution in [0.25, 0.3) is 0 Å². The highest BCUT2D eigenvalue weighted by Crippen LogP contribution is 2.22. The van der Waals surface area contributed by atoms with Crippen molar-refractivity contribution in [3.8, 4) is 0 Å². The second kappa shape index (κ2) is 7.40. The zero-order chi connectivity index (χ0) is 15.2. The number of aryl methyl sites for hydroxylation is 1. The van der Waals surface area contributed by atoms with E-state index in [1.807, 2.05) is 6.92 Å². The molecule has 0 bridgehead atoms. The third kappa shape index (κ3) is 4.70. The van der Waals surface area contributed by atoms with E-state index in [0.29, 0.717) is 23.0 Å². The van der Waals surface area contributed by atoms with Gasteiger partial charge in [0, 0.05) is 16.3 Å². The topological polar surface area (TPSA) is 77.2 Å². The van der Waals surface area contributed by atoms with Crippen LogP contribution in [0.15, 0.2) is 23.7 Å². The summed E-state index contributed by atoms with van der Waals surface area (Å²) >= 11 is 7.39. The Morgan fingerprint density at radius 2 is 2.33 bits per heavy atom. The Balaban J connectivity index is 1.73. The average molecular weight is 326 g/mol. The van der Waals surface area contributed by atoms with Crippen LogP contribution in [0, 0.1) is 6.92 Å². The first-order valence-corrected chi connectivity index (χ1v) is 7.63. The molecule has 1 amide bonds. The zero-order valence-electron chi connectivity index (χ0n) is 11.6. The van der Waals surface area contributed by atoms with Crippen LogP contribution in [0.4, 0.5) is 11.4 Å². The maximum atomic E-state index is 11.7. The van der Waals surface area contributed by atoms with Gasteiger partial charge in [-0.05, 0) is 25.1 Å². The Kier molecular flexibility index (Phi) is 5.55. The zero-order valence-corrected chi connectivity index (χ0v) is 13.1. The Morgan fingerprint density at radius 3 is 3.00 bits per heavy atom. The second-order valence-corrected chi connectivity index (χ2v) is 5.82. The van der Waals surface area contributed by atoms with Crippen LogP contribution >= 0.6 is 22.9 Å². The lowest BCUT2D eigenvalue weighted by atomic mass is 10.2. The normalized spacial score (nSPS) is 10.6. The maximum Gasteiger partial charge on any atom is 0.250 e. The largest absolute Gasteiger partial charge is 0.397 e. The third-order valence-electron chi connectivity index (χ3n) is 2.84. The lowest BCUT2D eigenvalue weighted by molar-refractivity contribution is -0.120. The van der Waals surface area contributed by atoms with Gasteiger partial charge in [-0.2, -0.15) is 0 Å². The molecular weight excluding hydrogens is 310 g/mol. The predicted molar refractivity (Wildman–Crippen MR) is 85.9 cm³/mol. The molecule has 0 radical (unpaired) electrons. The monoisotopic (exact) mass is 325 g/mol.